The molecule has 12 heavy (non-hydrogen) atoms. The summed E-state index contributed by atoms with van der Waals surface area (Å²) >= 11 is 3.99. The van der Waals surface area contributed by atoms with E-state index >= 15 is 0 Å². The molecule has 0 aliphatic carbocycles. The molecule has 0 aliphatic heterocycles. The molecule has 0 saturated carbocycles. The number of rotatable bonds is 4. The lowest BCUT2D eigenvalue weighted by molar-refractivity contribution is -0.153. The van der Waals surface area contributed by atoms with Crippen LogP contribution in [0.4, 0.5) is 0 Å². The minimum atomic E-state index is -0.389. The quantitative estimate of drug-likeness (QED) is 0.393. The van der Waals surface area contributed by atoms with E-state index in [1.54, 1.807) is 0 Å². The molecule has 3 nitrogen and oxygen atoms in total. The summed E-state index contributed by atoms with van der Waals surface area (Å²) in [6.45, 7) is 6.54. The third-order valence-corrected chi connectivity index (χ3v) is 1.20. The predicted molar refractivity (Wildman–Crippen MR) is 52.6 cm³/mol. The Morgan fingerprint density at radius 3 is 2.50 bits per heavy atom. The average Bonchev–Trinajstić information content (AvgIpc) is 1.84. The molecule has 0 atom stereocenters. The van der Waals surface area contributed by atoms with Gasteiger partial charge in [0.05, 0.1) is 6.54 Å². The zero-order chi connectivity index (χ0) is 9.61. The number of ether oxygens (including phenoxy) is 1. The molecular formula is C8H17NO2S. The van der Waals surface area contributed by atoms with Crippen LogP contribution in [-0.4, -0.2) is 30.4 Å². The highest BCUT2D eigenvalue weighted by Crippen LogP contribution is 2.05. The van der Waals surface area contributed by atoms with Crippen molar-refractivity contribution in [2.24, 2.45) is 0 Å². The SMILES string of the molecule is CC(C)(C)OC(=O)CNCCS. The maximum atomic E-state index is 11.0. The van der Waals surface area contributed by atoms with Gasteiger partial charge in [0.1, 0.15) is 5.60 Å². The summed E-state index contributed by atoms with van der Waals surface area (Å²) < 4.78 is 5.06. The number of hydrogen-bond acceptors (Lipinski definition) is 4. The lowest BCUT2D eigenvalue weighted by Gasteiger charge is -2.19. The summed E-state index contributed by atoms with van der Waals surface area (Å²) in [7, 11) is 0. The van der Waals surface area contributed by atoms with E-state index in [2.05, 4.69) is 17.9 Å². The highest BCUT2D eigenvalue weighted by atomic mass is 32.1. The highest BCUT2D eigenvalue weighted by Gasteiger charge is 2.15. The summed E-state index contributed by atoms with van der Waals surface area (Å²) in [5.41, 5.74) is -0.389. The van der Waals surface area contributed by atoms with Crippen molar-refractivity contribution < 1.29 is 9.53 Å². The van der Waals surface area contributed by atoms with Gasteiger partial charge in [0.2, 0.25) is 0 Å². The summed E-state index contributed by atoms with van der Waals surface area (Å²) in [6.07, 6.45) is 0. The van der Waals surface area contributed by atoms with Gasteiger partial charge >= 0.3 is 5.97 Å². The fourth-order valence-corrected chi connectivity index (χ4v) is 0.805. The van der Waals surface area contributed by atoms with Crippen molar-refractivity contribution in [1.29, 1.82) is 0 Å². The van der Waals surface area contributed by atoms with Crippen molar-refractivity contribution >= 4 is 18.6 Å². The van der Waals surface area contributed by atoms with Gasteiger partial charge in [0.25, 0.3) is 0 Å². The first-order valence-electron chi connectivity index (χ1n) is 3.99. The molecule has 0 aromatic heterocycles. The van der Waals surface area contributed by atoms with Gasteiger partial charge in [-0.2, -0.15) is 12.6 Å². The molecule has 0 spiro atoms. The molecule has 0 aromatic rings. The first-order valence-corrected chi connectivity index (χ1v) is 4.62. The number of esters is 1. The van der Waals surface area contributed by atoms with Crippen LogP contribution in [0.5, 0.6) is 0 Å². The molecule has 0 fully saturated rings. The zero-order valence-corrected chi connectivity index (χ0v) is 8.78. The third-order valence-electron chi connectivity index (χ3n) is 0.978. The number of hydrogen-bond donors (Lipinski definition) is 2. The molecule has 0 unspecified atom stereocenters. The number of nitrogens with one attached hydrogen (secondary N) is 1. The van der Waals surface area contributed by atoms with Crippen LogP contribution in [0, 0.1) is 0 Å². The second kappa shape index (κ2) is 5.43. The molecule has 0 bridgehead atoms. The Morgan fingerprint density at radius 2 is 2.08 bits per heavy atom. The van der Waals surface area contributed by atoms with Gasteiger partial charge in [-0.25, -0.2) is 0 Å². The Kier molecular flexibility index (Phi) is 5.33. The van der Waals surface area contributed by atoms with E-state index in [0.717, 1.165) is 12.3 Å². The van der Waals surface area contributed by atoms with Crippen LogP contribution in [0.15, 0.2) is 0 Å². The van der Waals surface area contributed by atoms with E-state index in [9.17, 15) is 4.79 Å². The Bertz CT molecular complexity index is 142. The number of carbonyl (C=O) groups excluding carboxylic acids is 1. The largest absolute Gasteiger partial charge is 0.459 e. The molecule has 4 heteroatoms. The minimum absolute atomic E-state index is 0.218. The number of carbonyl (C=O) groups is 1. The van der Waals surface area contributed by atoms with E-state index < -0.39 is 0 Å². The second-order valence-corrected chi connectivity index (χ2v) is 3.93. The smallest absolute Gasteiger partial charge is 0.320 e. The Hall–Kier alpha value is -0.220. The van der Waals surface area contributed by atoms with Gasteiger partial charge in [0.15, 0.2) is 0 Å². The standard InChI is InChI=1S/C8H17NO2S/c1-8(2,3)11-7(10)6-9-4-5-12/h9,12H,4-6H2,1-3H3. The lowest BCUT2D eigenvalue weighted by Crippen LogP contribution is -2.32. The van der Waals surface area contributed by atoms with Gasteiger partial charge in [-0.1, -0.05) is 0 Å². The van der Waals surface area contributed by atoms with Crippen LogP contribution in [0.1, 0.15) is 20.8 Å². The number of thiol groups is 1. The van der Waals surface area contributed by atoms with Crippen LogP contribution >= 0.6 is 12.6 Å². The van der Waals surface area contributed by atoms with Crippen LogP contribution in [-0.2, 0) is 9.53 Å². The third kappa shape index (κ3) is 7.88. The van der Waals surface area contributed by atoms with Crippen molar-refractivity contribution in [3.63, 3.8) is 0 Å². The van der Waals surface area contributed by atoms with E-state index in [-0.39, 0.29) is 18.1 Å². The first kappa shape index (κ1) is 11.8. The molecule has 0 radical (unpaired) electrons. The predicted octanol–water partition coefficient (Wildman–Crippen LogP) is 0.847. The van der Waals surface area contributed by atoms with E-state index in [1.807, 2.05) is 20.8 Å². The Balaban J connectivity index is 3.47. The average molecular weight is 191 g/mol. The molecule has 72 valence electrons. The summed E-state index contributed by atoms with van der Waals surface area (Å²) in [4.78, 5) is 11.0. The molecule has 0 amide bonds. The second-order valence-electron chi connectivity index (χ2n) is 3.49. The topological polar surface area (TPSA) is 38.3 Å². The maximum Gasteiger partial charge on any atom is 0.320 e. The van der Waals surface area contributed by atoms with Crippen LogP contribution < -0.4 is 5.32 Å². The van der Waals surface area contributed by atoms with E-state index in [1.165, 1.54) is 0 Å². The lowest BCUT2D eigenvalue weighted by atomic mass is 10.2. The summed E-state index contributed by atoms with van der Waals surface area (Å²) in [5.74, 6) is 0.507. The monoisotopic (exact) mass is 191 g/mol. The molecule has 0 aliphatic rings. The fourth-order valence-electron chi connectivity index (χ4n) is 0.647. The summed E-state index contributed by atoms with van der Waals surface area (Å²) in [5, 5.41) is 2.91. The fraction of sp³-hybridized carbons (Fsp3) is 0.875. The zero-order valence-electron chi connectivity index (χ0n) is 7.89. The van der Waals surface area contributed by atoms with Crippen LogP contribution in [0.25, 0.3) is 0 Å². The molecule has 0 saturated heterocycles. The van der Waals surface area contributed by atoms with Gasteiger partial charge < -0.3 is 10.1 Å². The summed E-state index contributed by atoms with van der Waals surface area (Å²) in [6, 6.07) is 0. The molecule has 0 heterocycles. The van der Waals surface area contributed by atoms with Gasteiger partial charge in [-0.3, -0.25) is 4.79 Å². The van der Waals surface area contributed by atoms with Crippen LogP contribution in [0.2, 0.25) is 0 Å². The van der Waals surface area contributed by atoms with Crippen molar-refractivity contribution in [1.82, 2.24) is 5.32 Å². The van der Waals surface area contributed by atoms with Crippen molar-refractivity contribution in [3.8, 4) is 0 Å². The van der Waals surface area contributed by atoms with Gasteiger partial charge in [-0.15, -0.1) is 0 Å². The molecule has 1 N–H and O–H groups in total. The van der Waals surface area contributed by atoms with Crippen molar-refractivity contribution in [2.75, 3.05) is 18.8 Å². The van der Waals surface area contributed by atoms with Gasteiger partial charge in [0, 0.05) is 12.3 Å². The van der Waals surface area contributed by atoms with E-state index in [0.29, 0.717) is 0 Å². The van der Waals surface area contributed by atoms with E-state index in [4.69, 9.17) is 4.74 Å². The van der Waals surface area contributed by atoms with Crippen LogP contribution in [0.3, 0.4) is 0 Å². The first-order chi connectivity index (χ1) is 5.45. The van der Waals surface area contributed by atoms with Crippen molar-refractivity contribution in [2.45, 2.75) is 26.4 Å². The normalized spacial score (nSPS) is 11.3. The Labute approximate surface area is 79.3 Å². The Morgan fingerprint density at radius 1 is 1.50 bits per heavy atom. The van der Waals surface area contributed by atoms with Gasteiger partial charge in [-0.05, 0) is 20.8 Å². The maximum absolute atomic E-state index is 11.0. The minimum Gasteiger partial charge on any atom is -0.459 e. The highest BCUT2D eigenvalue weighted by molar-refractivity contribution is 7.80. The molecule has 0 rings (SSSR count). The van der Waals surface area contributed by atoms with Crippen molar-refractivity contribution in [3.05, 3.63) is 0 Å². The molecule has 0 aromatic carbocycles. The molecular weight excluding hydrogens is 174 g/mol.